The van der Waals surface area contributed by atoms with Crippen molar-refractivity contribution in [2.75, 3.05) is 6.61 Å². The Labute approximate surface area is 193 Å². The number of halogens is 2. The number of nitrogens with two attached hydrogens (primary N) is 2. The maximum atomic E-state index is 12.8. The molecule has 1 aromatic carbocycles. The summed E-state index contributed by atoms with van der Waals surface area (Å²) in [6.07, 6.45) is 9.32. The van der Waals surface area contributed by atoms with Crippen molar-refractivity contribution < 1.29 is 27.8 Å². The lowest BCUT2D eigenvalue weighted by molar-refractivity contribution is -0.122. The Bertz CT molecular complexity index is 1170. The highest BCUT2D eigenvalue weighted by atomic mass is 19.3. The third-order valence-electron chi connectivity index (χ3n) is 5.53. The maximum absolute atomic E-state index is 12.8. The molecule has 5 N–H and O–H groups in total. The predicted molar refractivity (Wildman–Crippen MR) is 118 cm³/mol. The molecule has 34 heavy (non-hydrogen) atoms. The number of nitrogens with zero attached hydrogens (tertiary/aromatic N) is 2. The van der Waals surface area contributed by atoms with Crippen LogP contribution in [0.5, 0.6) is 11.5 Å². The second-order valence-corrected chi connectivity index (χ2v) is 8.14. The number of aromatic nitrogens is 2. The molecular formula is C23H23F2N5O4. The molecule has 0 bridgehead atoms. The van der Waals surface area contributed by atoms with Gasteiger partial charge in [-0.15, -0.1) is 0 Å². The molecule has 11 heteroatoms. The second-order valence-electron chi connectivity index (χ2n) is 8.14. The van der Waals surface area contributed by atoms with Crippen LogP contribution in [-0.4, -0.2) is 40.5 Å². The number of hydrogen-bond donors (Lipinski definition) is 3. The van der Waals surface area contributed by atoms with E-state index in [1.165, 1.54) is 36.8 Å². The molecule has 4 rings (SSSR count). The fourth-order valence-corrected chi connectivity index (χ4v) is 3.42. The topological polar surface area (TPSA) is 142 Å². The van der Waals surface area contributed by atoms with E-state index in [-0.39, 0.29) is 23.5 Å². The minimum Gasteiger partial charge on any atom is -0.489 e. The Morgan fingerprint density at radius 3 is 2.62 bits per heavy atom. The predicted octanol–water partition coefficient (Wildman–Crippen LogP) is 1.83. The second kappa shape index (κ2) is 9.46. The van der Waals surface area contributed by atoms with Crippen LogP contribution in [-0.2, 0) is 16.0 Å². The molecule has 2 heterocycles. The normalized spacial score (nSPS) is 19.3. The van der Waals surface area contributed by atoms with Crippen LogP contribution in [0.1, 0.15) is 18.5 Å². The number of alkyl halides is 2. The number of nitrogens with one attached hydrogen (secondary N) is 1. The van der Waals surface area contributed by atoms with E-state index in [1.54, 1.807) is 12.1 Å². The third-order valence-corrected chi connectivity index (χ3v) is 5.53. The number of benzene rings is 1. The highest BCUT2D eigenvalue weighted by molar-refractivity contribution is 5.96. The lowest BCUT2D eigenvalue weighted by Crippen LogP contribution is -2.55. The van der Waals surface area contributed by atoms with Gasteiger partial charge in [-0.05, 0) is 49.1 Å². The number of ether oxygens (including phenoxy) is 2. The van der Waals surface area contributed by atoms with Gasteiger partial charge >= 0.3 is 6.61 Å². The Morgan fingerprint density at radius 2 is 2.00 bits per heavy atom. The van der Waals surface area contributed by atoms with Crippen LogP contribution in [0.25, 0.3) is 11.3 Å². The van der Waals surface area contributed by atoms with Crippen LogP contribution in [0.15, 0.2) is 54.5 Å². The monoisotopic (exact) mass is 471 g/mol. The summed E-state index contributed by atoms with van der Waals surface area (Å²) >= 11 is 0. The van der Waals surface area contributed by atoms with Crippen molar-refractivity contribution in [3.8, 4) is 22.8 Å². The fraction of sp³-hybridized carbons (Fsp3) is 0.304. The van der Waals surface area contributed by atoms with Gasteiger partial charge in [-0.3, -0.25) is 14.6 Å². The standard InChI is InChI=1S/C23H23F2N5O4/c24-22(25)34-18-4-3-14(7-19(18)33-12-13-1-2-13)17-11-28-10-16(30-17)8-23(21(27)32)6-5-15(9-29-23)20(26)31/h3-7,9-11,13,22,29H,1-2,8,12H2,(H2,26,31)(H2,27,32). The van der Waals surface area contributed by atoms with Gasteiger partial charge in [-0.25, -0.2) is 4.98 Å². The first-order valence-corrected chi connectivity index (χ1v) is 10.6. The average Bonchev–Trinajstić information content (AvgIpc) is 3.63. The summed E-state index contributed by atoms with van der Waals surface area (Å²) in [6.45, 7) is -2.57. The zero-order valence-electron chi connectivity index (χ0n) is 18.0. The van der Waals surface area contributed by atoms with Gasteiger partial charge in [-0.2, -0.15) is 8.78 Å². The summed E-state index contributed by atoms with van der Waals surface area (Å²) in [5, 5.41) is 2.84. The molecule has 2 aromatic rings. The fourth-order valence-electron chi connectivity index (χ4n) is 3.42. The highest BCUT2D eigenvalue weighted by Gasteiger charge is 2.36. The first-order chi connectivity index (χ1) is 16.3. The van der Waals surface area contributed by atoms with Crippen LogP contribution in [0.4, 0.5) is 8.78 Å². The van der Waals surface area contributed by atoms with E-state index in [1.807, 2.05) is 0 Å². The Hall–Kier alpha value is -4.02. The van der Waals surface area contributed by atoms with E-state index in [9.17, 15) is 18.4 Å². The molecule has 0 spiro atoms. The van der Waals surface area contributed by atoms with Gasteiger partial charge in [0, 0.05) is 24.4 Å². The highest BCUT2D eigenvalue weighted by Crippen LogP contribution is 2.36. The quantitative estimate of drug-likeness (QED) is 0.480. The van der Waals surface area contributed by atoms with Crippen molar-refractivity contribution in [2.24, 2.45) is 17.4 Å². The van der Waals surface area contributed by atoms with Crippen LogP contribution < -0.4 is 26.3 Å². The lowest BCUT2D eigenvalue weighted by Gasteiger charge is -2.30. The summed E-state index contributed by atoms with van der Waals surface area (Å²) in [6, 6.07) is 4.53. The van der Waals surface area contributed by atoms with Gasteiger partial charge in [0.25, 0.3) is 0 Å². The van der Waals surface area contributed by atoms with E-state index in [4.69, 9.17) is 16.2 Å². The van der Waals surface area contributed by atoms with E-state index < -0.39 is 24.0 Å². The lowest BCUT2D eigenvalue weighted by atomic mass is 9.89. The van der Waals surface area contributed by atoms with Gasteiger partial charge in [-0.1, -0.05) is 0 Å². The molecule has 1 unspecified atom stereocenters. The van der Waals surface area contributed by atoms with Crippen LogP contribution in [0, 0.1) is 5.92 Å². The van der Waals surface area contributed by atoms with Gasteiger partial charge in [0.2, 0.25) is 11.8 Å². The molecular weight excluding hydrogens is 448 g/mol. The van der Waals surface area contributed by atoms with Crippen LogP contribution in [0.3, 0.4) is 0 Å². The number of carbonyl (C=O) groups is 2. The van der Waals surface area contributed by atoms with Gasteiger partial charge in [0.1, 0.15) is 5.54 Å². The van der Waals surface area contributed by atoms with Crippen molar-refractivity contribution in [3.63, 3.8) is 0 Å². The summed E-state index contributed by atoms with van der Waals surface area (Å²) in [5.41, 5.74) is 11.2. The van der Waals surface area contributed by atoms with Crippen LogP contribution >= 0.6 is 0 Å². The molecule has 1 saturated carbocycles. The van der Waals surface area contributed by atoms with Crippen molar-refractivity contribution >= 4 is 11.8 Å². The zero-order chi connectivity index (χ0) is 24.3. The number of rotatable bonds is 10. The molecule has 178 valence electrons. The molecule has 0 radical (unpaired) electrons. The molecule has 0 saturated heterocycles. The molecule has 1 fully saturated rings. The average molecular weight is 471 g/mol. The van der Waals surface area contributed by atoms with Crippen molar-refractivity contribution in [3.05, 3.63) is 60.2 Å². The molecule has 2 amide bonds. The SMILES string of the molecule is NC(=O)C1=CNC(Cc2cncc(-c3ccc(OC(F)F)c(OCC4CC4)c3)n2)(C(N)=O)C=C1. The third kappa shape index (κ3) is 5.30. The molecule has 1 atom stereocenters. The van der Waals surface area contributed by atoms with E-state index in [2.05, 4.69) is 20.0 Å². The minimum atomic E-state index is -2.98. The summed E-state index contributed by atoms with van der Waals surface area (Å²) < 4.78 is 35.9. The molecule has 1 aliphatic carbocycles. The molecule has 2 aliphatic rings. The summed E-state index contributed by atoms with van der Waals surface area (Å²) in [5.74, 6) is -0.796. The van der Waals surface area contributed by atoms with Crippen molar-refractivity contribution in [2.45, 2.75) is 31.4 Å². The first kappa shape index (κ1) is 23.1. The molecule has 1 aromatic heterocycles. The Morgan fingerprint density at radius 1 is 1.21 bits per heavy atom. The smallest absolute Gasteiger partial charge is 0.387 e. The number of amides is 2. The molecule has 9 nitrogen and oxygen atoms in total. The van der Waals surface area contributed by atoms with Gasteiger partial charge < -0.3 is 26.3 Å². The summed E-state index contributed by atoms with van der Waals surface area (Å²) in [4.78, 5) is 32.3. The number of carbonyl (C=O) groups excluding carboxylic acids is 2. The first-order valence-electron chi connectivity index (χ1n) is 10.6. The Kier molecular flexibility index (Phi) is 6.44. The minimum absolute atomic E-state index is 0.0415. The van der Waals surface area contributed by atoms with E-state index in [0.29, 0.717) is 29.5 Å². The maximum Gasteiger partial charge on any atom is 0.387 e. The largest absolute Gasteiger partial charge is 0.489 e. The summed E-state index contributed by atoms with van der Waals surface area (Å²) in [7, 11) is 0. The zero-order valence-corrected chi connectivity index (χ0v) is 18.0. The van der Waals surface area contributed by atoms with Crippen molar-refractivity contribution in [1.82, 2.24) is 15.3 Å². The van der Waals surface area contributed by atoms with Crippen LogP contribution in [0.2, 0.25) is 0 Å². The van der Waals surface area contributed by atoms with E-state index >= 15 is 0 Å². The number of hydrogen-bond acceptors (Lipinski definition) is 7. The Balaban J connectivity index is 1.59. The number of primary amides is 2. The molecule has 1 aliphatic heterocycles. The van der Waals surface area contributed by atoms with E-state index in [0.717, 1.165) is 12.8 Å². The number of dihydropyridines is 1. The van der Waals surface area contributed by atoms with Crippen molar-refractivity contribution in [1.29, 1.82) is 0 Å². The van der Waals surface area contributed by atoms with Gasteiger partial charge in [0.05, 0.1) is 29.8 Å². The van der Waals surface area contributed by atoms with Gasteiger partial charge in [0.15, 0.2) is 11.5 Å².